The number of carbonyl (C=O) groups excluding carboxylic acids is 1. The molecule has 1 saturated heterocycles. The summed E-state index contributed by atoms with van der Waals surface area (Å²) in [4.78, 5) is 26.8. The number of imidazole rings is 1. The van der Waals surface area contributed by atoms with E-state index >= 15 is 0 Å². The summed E-state index contributed by atoms with van der Waals surface area (Å²) in [5.41, 5.74) is 7.09. The number of fused-ring (bicyclic) bond motifs is 1. The minimum absolute atomic E-state index is 0.306. The Hall–Kier alpha value is -4.51. The highest BCUT2D eigenvalue weighted by atomic mass is 35.5. The smallest absolute Gasteiger partial charge is 0.247 e. The Morgan fingerprint density at radius 2 is 1.63 bits per heavy atom. The lowest BCUT2D eigenvalue weighted by Gasteiger charge is -2.37. The Morgan fingerprint density at radius 3 is 2.20 bits per heavy atom. The zero-order valence-electron chi connectivity index (χ0n) is 28.4. The standard InChI is InChI=1S/C37H40Cl2N6O4/c1-8-33(46)42-27-16-24(30(47-5)18-29(27)44-13-11-43(12-14-44)23-9-10-23)26(40-4)17-28-21(2)15-25(37-41-22(3)20-45(28)37)34-35(38)31(48-6)19-32(49-7)36(34)39/h8,15-20,23H,1,4,9-14H2,2-3,5-7H3,(H,42,46)/b26-17-. The molecule has 4 aromatic rings. The molecule has 49 heavy (non-hydrogen) atoms. The van der Waals surface area contributed by atoms with Gasteiger partial charge in [0.05, 0.1) is 59.8 Å². The van der Waals surface area contributed by atoms with E-state index in [4.69, 9.17) is 42.4 Å². The van der Waals surface area contributed by atoms with E-state index in [1.54, 1.807) is 27.4 Å². The van der Waals surface area contributed by atoms with Gasteiger partial charge in [0.1, 0.15) is 22.9 Å². The number of pyridine rings is 1. The highest BCUT2D eigenvalue weighted by Crippen LogP contribution is 2.48. The lowest BCUT2D eigenvalue weighted by Crippen LogP contribution is -2.47. The van der Waals surface area contributed by atoms with Crippen molar-refractivity contribution in [3.63, 3.8) is 0 Å². The van der Waals surface area contributed by atoms with Crippen LogP contribution in [0.4, 0.5) is 11.4 Å². The zero-order chi connectivity index (χ0) is 35.0. The number of piperazine rings is 1. The van der Waals surface area contributed by atoms with Crippen molar-refractivity contribution in [3.05, 3.63) is 75.7 Å². The molecule has 1 saturated carbocycles. The van der Waals surface area contributed by atoms with Crippen molar-refractivity contribution in [1.82, 2.24) is 14.3 Å². The van der Waals surface area contributed by atoms with E-state index in [0.717, 1.165) is 48.8 Å². The lowest BCUT2D eigenvalue weighted by atomic mass is 10.0. The summed E-state index contributed by atoms with van der Waals surface area (Å²) in [5.74, 6) is 1.15. The fourth-order valence-electron chi connectivity index (χ4n) is 6.50. The Bertz CT molecular complexity index is 1960. The summed E-state index contributed by atoms with van der Waals surface area (Å²) in [7, 11) is 4.71. The lowest BCUT2D eigenvalue weighted by molar-refractivity contribution is -0.111. The van der Waals surface area contributed by atoms with Crippen LogP contribution in [-0.4, -0.2) is 80.5 Å². The van der Waals surface area contributed by atoms with Crippen LogP contribution in [-0.2, 0) is 4.79 Å². The maximum absolute atomic E-state index is 12.7. The van der Waals surface area contributed by atoms with Crippen LogP contribution in [0, 0.1) is 13.8 Å². The first kappa shape index (κ1) is 34.4. The largest absolute Gasteiger partial charge is 0.496 e. The molecule has 1 N–H and O–H groups in total. The zero-order valence-corrected chi connectivity index (χ0v) is 29.9. The monoisotopic (exact) mass is 702 g/mol. The van der Waals surface area contributed by atoms with Crippen molar-refractivity contribution in [2.45, 2.75) is 32.7 Å². The van der Waals surface area contributed by atoms with Crippen LogP contribution < -0.4 is 24.4 Å². The van der Waals surface area contributed by atoms with Gasteiger partial charge in [0.2, 0.25) is 5.91 Å². The third kappa shape index (κ3) is 6.60. The van der Waals surface area contributed by atoms with Crippen molar-refractivity contribution in [2.75, 3.05) is 57.7 Å². The SMILES string of the molecule is C=CC(=O)Nc1cc(/C(=C/c2c(C)cc(-c3c(Cl)c(OC)cc(OC)c3Cl)c3nc(C)cn23)N=C)c(OC)cc1N1CCN(C2CC2)CC1. The van der Waals surface area contributed by atoms with Gasteiger partial charge in [-0.05, 0) is 63.3 Å². The third-order valence-corrected chi connectivity index (χ3v) is 9.88. The second-order valence-electron chi connectivity index (χ2n) is 12.2. The van der Waals surface area contributed by atoms with Crippen LogP contribution in [0.25, 0.3) is 28.5 Å². The average molecular weight is 704 g/mol. The number of aryl methyl sites for hydroxylation is 2. The average Bonchev–Trinajstić information content (AvgIpc) is 3.88. The molecule has 12 heteroatoms. The predicted octanol–water partition coefficient (Wildman–Crippen LogP) is 7.56. The van der Waals surface area contributed by atoms with E-state index in [2.05, 4.69) is 33.4 Å². The Morgan fingerprint density at radius 1 is 0.980 bits per heavy atom. The minimum Gasteiger partial charge on any atom is -0.496 e. The van der Waals surface area contributed by atoms with E-state index in [0.29, 0.717) is 67.1 Å². The fraction of sp³-hybridized carbons (Fsp3) is 0.324. The molecule has 0 atom stereocenters. The van der Waals surface area contributed by atoms with Gasteiger partial charge in [-0.25, -0.2) is 4.98 Å². The molecule has 3 heterocycles. The molecule has 1 amide bonds. The summed E-state index contributed by atoms with van der Waals surface area (Å²) in [6.07, 6.45) is 7.69. The van der Waals surface area contributed by atoms with Gasteiger partial charge >= 0.3 is 0 Å². The quantitative estimate of drug-likeness (QED) is 0.127. The number of rotatable bonds is 11. The normalized spacial score (nSPS) is 15.3. The van der Waals surface area contributed by atoms with Gasteiger partial charge in [0.15, 0.2) is 0 Å². The number of hydrogen-bond donors (Lipinski definition) is 1. The first-order chi connectivity index (χ1) is 23.6. The van der Waals surface area contributed by atoms with Crippen molar-refractivity contribution in [1.29, 1.82) is 0 Å². The van der Waals surface area contributed by atoms with Gasteiger partial charge < -0.3 is 24.4 Å². The topological polar surface area (TPSA) is 92.9 Å². The summed E-state index contributed by atoms with van der Waals surface area (Å²) in [6.45, 7) is 15.1. The van der Waals surface area contributed by atoms with E-state index in [1.165, 1.54) is 18.9 Å². The van der Waals surface area contributed by atoms with Crippen LogP contribution in [0.1, 0.15) is 35.4 Å². The molecule has 2 aromatic carbocycles. The maximum Gasteiger partial charge on any atom is 0.247 e. The van der Waals surface area contributed by atoms with Crippen LogP contribution >= 0.6 is 23.2 Å². The van der Waals surface area contributed by atoms with Crippen molar-refractivity contribution >= 4 is 64.6 Å². The number of amides is 1. The van der Waals surface area contributed by atoms with E-state index < -0.39 is 0 Å². The number of nitrogens with zero attached hydrogens (tertiary/aromatic N) is 5. The molecular weight excluding hydrogens is 663 g/mol. The van der Waals surface area contributed by atoms with Crippen molar-refractivity contribution in [2.24, 2.45) is 4.99 Å². The van der Waals surface area contributed by atoms with Crippen LogP contribution in [0.5, 0.6) is 17.2 Å². The van der Waals surface area contributed by atoms with E-state index in [-0.39, 0.29) is 5.91 Å². The molecule has 10 nitrogen and oxygen atoms in total. The number of aliphatic imine (C=N–C) groups is 1. The second kappa shape index (κ2) is 14.2. The number of benzene rings is 2. The number of carbonyl (C=O) groups is 1. The summed E-state index contributed by atoms with van der Waals surface area (Å²) < 4.78 is 19.0. The molecule has 0 spiro atoms. The molecule has 1 aliphatic heterocycles. The molecule has 2 aliphatic rings. The van der Waals surface area contributed by atoms with Crippen LogP contribution in [0.3, 0.4) is 0 Å². The van der Waals surface area contributed by atoms with Gasteiger partial charge in [-0.1, -0.05) is 29.8 Å². The first-order valence-corrected chi connectivity index (χ1v) is 16.8. The summed E-state index contributed by atoms with van der Waals surface area (Å²) in [5, 5.41) is 3.71. The van der Waals surface area contributed by atoms with Crippen molar-refractivity contribution < 1.29 is 19.0 Å². The molecule has 2 fully saturated rings. The predicted molar refractivity (Wildman–Crippen MR) is 199 cm³/mol. The van der Waals surface area contributed by atoms with Gasteiger partial charge in [0, 0.05) is 67.2 Å². The van der Waals surface area contributed by atoms with Gasteiger partial charge in [-0.15, -0.1) is 0 Å². The Balaban J connectivity index is 1.49. The number of hydrogen-bond acceptors (Lipinski definition) is 8. The number of methoxy groups -OCH3 is 3. The Kier molecular flexibility index (Phi) is 9.92. The molecule has 2 aromatic heterocycles. The van der Waals surface area contributed by atoms with E-state index in [9.17, 15) is 4.79 Å². The number of anilines is 2. The summed E-state index contributed by atoms with van der Waals surface area (Å²) in [6, 6.07) is 8.21. The molecule has 0 unspecified atom stereocenters. The summed E-state index contributed by atoms with van der Waals surface area (Å²) >= 11 is 13.7. The minimum atomic E-state index is -0.306. The number of halogens is 2. The number of nitrogens with one attached hydrogen (secondary N) is 1. The van der Waals surface area contributed by atoms with Gasteiger partial charge in [-0.3, -0.25) is 19.1 Å². The van der Waals surface area contributed by atoms with E-state index in [1.807, 2.05) is 48.7 Å². The second-order valence-corrected chi connectivity index (χ2v) is 12.9. The maximum atomic E-state index is 12.7. The van der Waals surface area contributed by atoms with Gasteiger partial charge in [-0.2, -0.15) is 0 Å². The highest BCUT2D eigenvalue weighted by molar-refractivity contribution is 6.41. The number of ether oxygens (including phenoxy) is 3. The molecule has 0 radical (unpaired) electrons. The Labute approximate surface area is 296 Å². The molecule has 1 aliphatic carbocycles. The van der Waals surface area contributed by atoms with Crippen LogP contribution in [0.15, 0.2) is 48.1 Å². The van der Waals surface area contributed by atoms with Gasteiger partial charge in [0.25, 0.3) is 0 Å². The van der Waals surface area contributed by atoms with Crippen LogP contribution in [0.2, 0.25) is 10.0 Å². The molecular formula is C37H40Cl2N6O4. The highest BCUT2D eigenvalue weighted by Gasteiger charge is 2.32. The van der Waals surface area contributed by atoms with Crippen molar-refractivity contribution in [3.8, 4) is 28.4 Å². The molecule has 6 rings (SSSR count). The fourth-order valence-corrected chi connectivity index (χ4v) is 7.20. The number of aromatic nitrogens is 2. The molecule has 0 bridgehead atoms. The first-order valence-electron chi connectivity index (χ1n) is 16.0. The molecule has 256 valence electrons. The third-order valence-electron chi connectivity index (χ3n) is 9.13.